The van der Waals surface area contributed by atoms with Crippen LogP contribution >= 0.6 is 11.8 Å². The van der Waals surface area contributed by atoms with Crippen molar-refractivity contribution in [2.24, 2.45) is 0 Å². The number of anilines is 1. The van der Waals surface area contributed by atoms with Crippen LogP contribution in [0.2, 0.25) is 0 Å². The minimum atomic E-state index is -1.16. The monoisotopic (exact) mass is 386 g/mol. The Labute approximate surface area is 160 Å². The Balaban J connectivity index is 1.94. The number of phenols is 1. The number of phenolic OH excluding ortho intramolecular Hbond substituents is 1. The molecule has 2 aromatic rings. The molecule has 0 spiro atoms. The SMILES string of the molecule is CSc1cccc(N2C(=O)[C@H](CC(=O)O)N(Cc3ccc(O)cc3)C2=O)c1. The second-order valence-corrected chi connectivity index (χ2v) is 6.95. The zero-order chi connectivity index (χ0) is 19.6. The van der Waals surface area contributed by atoms with Crippen LogP contribution in [0.25, 0.3) is 0 Å². The number of benzene rings is 2. The molecule has 3 rings (SSSR count). The molecule has 1 atom stereocenters. The number of hydrogen-bond donors (Lipinski definition) is 2. The van der Waals surface area contributed by atoms with Gasteiger partial charge >= 0.3 is 12.0 Å². The number of hydrogen-bond acceptors (Lipinski definition) is 5. The molecular weight excluding hydrogens is 368 g/mol. The molecule has 1 saturated heterocycles. The molecule has 0 saturated carbocycles. The molecule has 27 heavy (non-hydrogen) atoms. The Morgan fingerprint density at radius 3 is 2.48 bits per heavy atom. The Morgan fingerprint density at radius 2 is 1.85 bits per heavy atom. The highest BCUT2D eigenvalue weighted by Crippen LogP contribution is 2.30. The van der Waals surface area contributed by atoms with Gasteiger partial charge in [0.25, 0.3) is 5.91 Å². The van der Waals surface area contributed by atoms with E-state index >= 15 is 0 Å². The third-order valence-electron chi connectivity index (χ3n) is 4.29. The summed E-state index contributed by atoms with van der Waals surface area (Å²) in [6.45, 7) is 0.0710. The maximum atomic E-state index is 13.0. The van der Waals surface area contributed by atoms with E-state index in [1.165, 1.54) is 28.8 Å². The van der Waals surface area contributed by atoms with Crippen molar-refractivity contribution in [2.45, 2.75) is 23.9 Å². The summed E-state index contributed by atoms with van der Waals surface area (Å²) in [4.78, 5) is 40.3. The van der Waals surface area contributed by atoms with Crippen LogP contribution in [-0.4, -0.2) is 45.3 Å². The number of carboxylic acid groups (broad SMARTS) is 1. The van der Waals surface area contributed by atoms with Crippen LogP contribution in [0.4, 0.5) is 10.5 Å². The number of imide groups is 1. The summed E-state index contributed by atoms with van der Waals surface area (Å²) in [5, 5.41) is 18.6. The molecule has 140 valence electrons. The Kier molecular flexibility index (Phi) is 5.36. The van der Waals surface area contributed by atoms with Gasteiger partial charge in [0.2, 0.25) is 0 Å². The fourth-order valence-corrected chi connectivity index (χ4v) is 3.42. The summed E-state index contributed by atoms with van der Waals surface area (Å²) >= 11 is 1.48. The highest BCUT2D eigenvalue weighted by molar-refractivity contribution is 7.98. The van der Waals surface area contributed by atoms with Crippen molar-refractivity contribution in [2.75, 3.05) is 11.2 Å². The summed E-state index contributed by atoms with van der Waals surface area (Å²) in [5.74, 6) is -1.63. The van der Waals surface area contributed by atoms with Crippen molar-refractivity contribution in [3.05, 3.63) is 54.1 Å². The van der Waals surface area contributed by atoms with Crippen molar-refractivity contribution < 1.29 is 24.6 Å². The van der Waals surface area contributed by atoms with Crippen LogP contribution in [0.15, 0.2) is 53.4 Å². The largest absolute Gasteiger partial charge is 0.508 e. The number of carboxylic acids is 1. The number of amides is 3. The lowest BCUT2D eigenvalue weighted by molar-refractivity contribution is -0.140. The zero-order valence-electron chi connectivity index (χ0n) is 14.5. The van der Waals surface area contributed by atoms with Gasteiger partial charge in [-0.2, -0.15) is 0 Å². The van der Waals surface area contributed by atoms with Crippen molar-refractivity contribution in [3.63, 3.8) is 0 Å². The number of rotatable bonds is 6. The van der Waals surface area contributed by atoms with E-state index in [1.807, 2.05) is 12.3 Å². The average Bonchev–Trinajstić information content (AvgIpc) is 2.87. The summed E-state index contributed by atoms with van der Waals surface area (Å²) in [6, 6.07) is 11.6. The van der Waals surface area contributed by atoms with E-state index in [4.69, 9.17) is 0 Å². The smallest absolute Gasteiger partial charge is 0.332 e. The molecule has 0 aromatic heterocycles. The predicted octanol–water partition coefficient (Wildman–Crippen LogP) is 2.93. The fraction of sp³-hybridized carbons (Fsp3) is 0.211. The van der Waals surface area contributed by atoms with E-state index in [2.05, 4.69) is 0 Å². The molecule has 1 aliphatic heterocycles. The average molecular weight is 386 g/mol. The highest BCUT2D eigenvalue weighted by atomic mass is 32.2. The quantitative estimate of drug-likeness (QED) is 0.585. The van der Waals surface area contributed by atoms with Gasteiger partial charge in [0.05, 0.1) is 12.1 Å². The van der Waals surface area contributed by atoms with Crippen LogP contribution in [-0.2, 0) is 16.1 Å². The van der Waals surface area contributed by atoms with Gasteiger partial charge in [-0.15, -0.1) is 11.8 Å². The summed E-state index contributed by atoms with van der Waals surface area (Å²) in [6.07, 6.45) is 1.42. The first-order valence-corrected chi connectivity index (χ1v) is 9.41. The van der Waals surface area contributed by atoms with Gasteiger partial charge in [-0.3, -0.25) is 9.59 Å². The van der Waals surface area contributed by atoms with E-state index in [9.17, 15) is 24.6 Å². The van der Waals surface area contributed by atoms with Gasteiger partial charge in [-0.25, -0.2) is 9.69 Å². The molecule has 0 radical (unpaired) electrons. The number of carbonyl (C=O) groups is 3. The molecule has 1 aliphatic rings. The molecule has 3 amide bonds. The lowest BCUT2D eigenvalue weighted by Gasteiger charge is -2.21. The second-order valence-electron chi connectivity index (χ2n) is 6.07. The van der Waals surface area contributed by atoms with Crippen molar-refractivity contribution >= 4 is 35.4 Å². The second kappa shape index (κ2) is 7.71. The van der Waals surface area contributed by atoms with Gasteiger partial charge in [0.1, 0.15) is 11.8 Å². The third-order valence-corrected chi connectivity index (χ3v) is 5.01. The summed E-state index contributed by atoms with van der Waals surface area (Å²) in [7, 11) is 0. The summed E-state index contributed by atoms with van der Waals surface area (Å²) < 4.78 is 0. The maximum Gasteiger partial charge on any atom is 0.332 e. The molecule has 2 N–H and O–H groups in total. The molecule has 2 aromatic carbocycles. The number of aliphatic carboxylic acids is 1. The molecular formula is C19H18N2O5S. The minimum Gasteiger partial charge on any atom is -0.508 e. The van der Waals surface area contributed by atoms with Gasteiger partial charge in [-0.05, 0) is 42.2 Å². The van der Waals surface area contributed by atoms with Gasteiger partial charge in [0, 0.05) is 11.4 Å². The standard InChI is InChI=1S/C19H18N2O5S/c1-27-15-4-2-3-13(9-15)21-18(25)16(10-17(23)24)20(19(21)26)11-12-5-7-14(22)8-6-12/h2-9,16,22H,10-11H2,1H3,(H,23,24)/t16-/m0/s1. The first kappa shape index (κ1) is 18.8. The van der Waals surface area contributed by atoms with Crippen LogP contribution in [0.3, 0.4) is 0 Å². The van der Waals surface area contributed by atoms with E-state index < -0.39 is 30.4 Å². The Bertz CT molecular complexity index is 884. The van der Waals surface area contributed by atoms with Gasteiger partial charge in [-0.1, -0.05) is 18.2 Å². The van der Waals surface area contributed by atoms with Crippen LogP contribution < -0.4 is 4.90 Å². The fourth-order valence-electron chi connectivity index (χ4n) is 2.96. The highest BCUT2D eigenvalue weighted by Gasteiger charge is 2.46. The van der Waals surface area contributed by atoms with E-state index in [-0.39, 0.29) is 12.3 Å². The van der Waals surface area contributed by atoms with Crippen LogP contribution in [0.5, 0.6) is 5.75 Å². The first-order chi connectivity index (χ1) is 12.9. The first-order valence-electron chi connectivity index (χ1n) is 8.19. The lowest BCUT2D eigenvalue weighted by Crippen LogP contribution is -2.36. The van der Waals surface area contributed by atoms with E-state index in [0.717, 1.165) is 9.80 Å². The Hall–Kier alpha value is -3.00. The Morgan fingerprint density at radius 1 is 1.15 bits per heavy atom. The molecule has 0 unspecified atom stereocenters. The van der Waals surface area contributed by atoms with E-state index in [1.54, 1.807) is 30.3 Å². The molecule has 8 heteroatoms. The third kappa shape index (κ3) is 3.90. The lowest BCUT2D eigenvalue weighted by atomic mass is 10.1. The number of urea groups is 1. The molecule has 0 bridgehead atoms. The van der Waals surface area contributed by atoms with Gasteiger partial charge < -0.3 is 15.1 Å². The number of aromatic hydroxyl groups is 1. The van der Waals surface area contributed by atoms with Crippen molar-refractivity contribution in [1.82, 2.24) is 4.90 Å². The summed E-state index contributed by atoms with van der Waals surface area (Å²) in [5.41, 5.74) is 1.10. The van der Waals surface area contributed by atoms with Crippen LogP contribution in [0, 0.1) is 0 Å². The van der Waals surface area contributed by atoms with Gasteiger partial charge in [0.15, 0.2) is 0 Å². The molecule has 7 nitrogen and oxygen atoms in total. The van der Waals surface area contributed by atoms with Crippen molar-refractivity contribution in [3.8, 4) is 5.75 Å². The predicted molar refractivity (Wildman–Crippen MR) is 101 cm³/mol. The zero-order valence-corrected chi connectivity index (χ0v) is 15.3. The maximum absolute atomic E-state index is 13.0. The minimum absolute atomic E-state index is 0.0710. The van der Waals surface area contributed by atoms with Crippen LogP contribution in [0.1, 0.15) is 12.0 Å². The topological polar surface area (TPSA) is 98.2 Å². The molecule has 0 aliphatic carbocycles. The number of nitrogens with zero attached hydrogens (tertiary/aromatic N) is 2. The molecule has 1 heterocycles. The normalized spacial score (nSPS) is 16.9. The van der Waals surface area contributed by atoms with E-state index in [0.29, 0.717) is 11.3 Å². The molecule has 1 fully saturated rings. The number of thioether (sulfide) groups is 1. The number of carbonyl (C=O) groups excluding carboxylic acids is 2. The van der Waals surface area contributed by atoms with Crippen molar-refractivity contribution in [1.29, 1.82) is 0 Å².